The van der Waals surface area contributed by atoms with Crippen molar-refractivity contribution in [1.29, 1.82) is 5.26 Å². The summed E-state index contributed by atoms with van der Waals surface area (Å²) < 4.78 is 0. The van der Waals surface area contributed by atoms with Crippen LogP contribution in [0.3, 0.4) is 0 Å². The first-order chi connectivity index (χ1) is 8.69. The number of nitrogens with one attached hydrogen (secondary N) is 2. The number of carbonyl (C=O) groups excluding carboxylic acids is 2. The van der Waals surface area contributed by atoms with Crippen molar-refractivity contribution >= 4 is 28.2 Å². The van der Waals surface area contributed by atoms with Gasteiger partial charge < -0.3 is 10.6 Å². The highest BCUT2D eigenvalue weighted by atomic mass is 32.1. The molecule has 1 saturated heterocycles. The van der Waals surface area contributed by atoms with E-state index in [1.807, 2.05) is 6.07 Å². The summed E-state index contributed by atoms with van der Waals surface area (Å²) >= 11 is 1.31. The van der Waals surface area contributed by atoms with E-state index in [4.69, 9.17) is 5.26 Å². The maximum atomic E-state index is 11.8. The van der Waals surface area contributed by atoms with Gasteiger partial charge in [-0.2, -0.15) is 5.26 Å². The Morgan fingerprint density at radius 2 is 2.50 bits per heavy atom. The molecule has 94 valence electrons. The van der Waals surface area contributed by atoms with Gasteiger partial charge in [0.2, 0.25) is 11.8 Å². The van der Waals surface area contributed by atoms with E-state index < -0.39 is 0 Å². The van der Waals surface area contributed by atoms with Gasteiger partial charge in [0.05, 0.1) is 18.7 Å². The molecule has 0 spiro atoms. The molecule has 0 unspecified atom stereocenters. The average molecular weight is 264 g/mol. The molecule has 0 saturated carbocycles. The lowest BCUT2D eigenvalue weighted by atomic mass is 10.3. The number of hydrogen-bond acceptors (Lipinski definition) is 5. The summed E-state index contributed by atoms with van der Waals surface area (Å²) in [5.74, 6) is -0.272. The van der Waals surface area contributed by atoms with Crippen LogP contribution in [-0.4, -0.2) is 42.9 Å². The SMILES string of the molecule is N#Cc1ccsc1NC(=O)CN1CCNC(=O)C1. The van der Waals surface area contributed by atoms with Crippen LogP contribution in [0, 0.1) is 11.3 Å². The van der Waals surface area contributed by atoms with Crippen LogP contribution in [0.25, 0.3) is 0 Å². The maximum absolute atomic E-state index is 11.8. The Hall–Kier alpha value is -1.91. The van der Waals surface area contributed by atoms with Gasteiger partial charge in [-0.05, 0) is 11.4 Å². The standard InChI is InChI=1S/C11H12N4O2S/c12-5-8-1-4-18-11(8)14-10(17)7-15-3-2-13-9(16)6-15/h1,4H,2-3,6-7H2,(H,13,16)(H,14,17). The highest BCUT2D eigenvalue weighted by molar-refractivity contribution is 7.14. The minimum absolute atomic E-state index is 0.0668. The van der Waals surface area contributed by atoms with Gasteiger partial charge in [0.15, 0.2) is 0 Å². The lowest BCUT2D eigenvalue weighted by Gasteiger charge is -2.25. The maximum Gasteiger partial charge on any atom is 0.239 e. The number of carbonyl (C=O) groups is 2. The van der Waals surface area contributed by atoms with Gasteiger partial charge in [-0.1, -0.05) is 0 Å². The third kappa shape index (κ3) is 3.06. The van der Waals surface area contributed by atoms with Gasteiger partial charge in [-0.15, -0.1) is 11.3 Å². The van der Waals surface area contributed by atoms with Crippen molar-refractivity contribution in [1.82, 2.24) is 10.2 Å². The highest BCUT2D eigenvalue weighted by Gasteiger charge is 2.19. The number of rotatable bonds is 3. The van der Waals surface area contributed by atoms with E-state index in [9.17, 15) is 9.59 Å². The number of thiophene rings is 1. The number of anilines is 1. The Kier molecular flexibility index (Phi) is 3.92. The predicted octanol–water partition coefficient (Wildman–Crippen LogP) is -0.00992. The van der Waals surface area contributed by atoms with Crippen LogP contribution in [0.5, 0.6) is 0 Å². The van der Waals surface area contributed by atoms with Crippen molar-refractivity contribution < 1.29 is 9.59 Å². The molecule has 2 amide bonds. The zero-order chi connectivity index (χ0) is 13.0. The van der Waals surface area contributed by atoms with E-state index in [0.29, 0.717) is 23.7 Å². The van der Waals surface area contributed by atoms with Gasteiger partial charge in [0, 0.05) is 13.1 Å². The Labute approximate surface area is 108 Å². The monoisotopic (exact) mass is 264 g/mol. The second-order valence-corrected chi connectivity index (χ2v) is 4.80. The molecule has 1 fully saturated rings. The third-order valence-electron chi connectivity index (χ3n) is 2.52. The zero-order valence-electron chi connectivity index (χ0n) is 9.60. The number of amides is 2. The molecule has 0 aliphatic carbocycles. The number of piperazine rings is 1. The van der Waals surface area contributed by atoms with Crippen LogP contribution >= 0.6 is 11.3 Å². The topological polar surface area (TPSA) is 85.2 Å². The van der Waals surface area contributed by atoms with Crippen molar-refractivity contribution in [2.24, 2.45) is 0 Å². The summed E-state index contributed by atoms with van der Waals surface area (Å²) in [6, 6.07) is 3.67. The van der Waals surface area contributed by atoms with E-state index in [1.54, 1.807) is 16.3 Å². The molecule has 7 heteroatoms. The van der Waals surface area contributed by atoms with Crippen LogP contribution in [0.1, 0.15) is 5.56 Å². The summed E-state index contributed by atoms with van der Waals surface area (Å²) in [6.45, 7) is 1.63. The summed E-state index contributed by atoms with van der Waals surface area (Å²) in [5, 5.41) is 16.5. The molecule has 1 aliphatic heterocycles. The van der Waals surface area contributed by atoms with Crippen LogP contribution in [-0.2, 0) is 9.59 Å². The summed E-state index contributed by atoms with van der Waals surface area (Å²) in [4.78, 5) is 24.7. The van der Waals surface area contributed by atoms with Crippen molar-refractivity contribution in [3.8, 4) is 6.07 Å². The van der Waals surface area contributed by atoms with Crippen molar-refractivity contribution in [3.63, 3.8) is 0 Å². The van der Waals surface area contributed by atoms with Crippen LogP contribution in [0.15, 0.2) is 11.4 Å². The van der Waals surface area contributed by atoms with Crippen LogP contribution in [0.4, 0.5) is 5.00 Å². The fourth-order valence-corrected chi connectivity index (χ4v) is 2.44. The molecule has 6 nitrogen and oxygen atoms in total. The molecule has 0 aromatic carbocycles. The molecular formula is C11H12N4O2S. The van der Waals surface area contributed by atoms with Gasteiger partial charge in [-0.25, -0.2) is 0 Å². The molecule has 2 rings (SSSR count). The largest absolute Gasteiger partial charge is 0.354 e. The molecule has 18 heavy (non-hydrogen) atoms. The molecule has 2 heterocycles. The minimum Gasteiger partial charge on any atom is -0.354 e. The number of hydrogen-bond donors (Lipinski definition) is 2. The minimum atomic E-state index is -0.205. The Morgan fingerprint density at radius 1 is 1.67 bits per heavy atom. The normalized spacial score (nSPS) is 15.8. The Bertz CT molecular complexity index is 505. The van der Waals surface area contributed by atoms with Crippen molar-refractivity contribution in [2.45, 2.75) is 0 Å². The first-order valence-electron chi connectivity index (χ1n) is 5.45. The molecule has 2 N–H and O–H groups in total. The van der Waals surface area contributed by atoms with Crippen molar-refractivity contribution in [3.05, 3.63) is 17.0 Å². The van der Waals surface area contributed by atoms with E-state index in [1.165, 1.54) is 11.3 Å². The van der Waals surface area contributed by atoms with Crippen LogP contribution in [0.2, 0.25) is 0 Å². The predicted molar refractivity (Wildman–Crippen MR) is 67.1 cm³/mol. The molecular weight excluding hydrogens is 252 g/mol. The zero-order valence-corrected chi connectivity index (χ0v) is 10.4. The Morgan fingerprint density at radius 3 is 3.22 bits per heavy atom. The fourth-order valence-electron chi connectivity index (χ4n) is 1.69. The molecule has 0 bridgehead atoms. The van der Waals surface area contributed by atoms with E-state index >= 15 is 0 Å². The quantitative estimate of drug-likeness (QED) is 0.804. The second-order valence-electron chi connectivity index (χ2n) is 3.88. The molecule has 0 atom stereocenters. The average Bonchev–Trinajstić information content (AvgIpc) is 2.76. The fraction of sp³-hybridized carbons (Fsp3) is 0.364. The van der Waals surface area contributed by atoms with Gasteiger partial charge >= 0.3 is 0 Å². The summed E-state index contributed by atoms with van der Waals surface area (Å²) in [5.41, 5.74) is 0.463. The lowest BCUT2D eigenvalue weighted by Crippen LogP contribution is -2.49. The molecule has 0 radical (unpaired) electrons. The lowest BCUT2D eigenvalue weighted by molar-refractivity contribution is -0.125. The van der Waals surface area contributed by atoms with E-state index in [-0.39, 0.29) is 24.9 Å². The summed E-state index contributed by atoms with van der Waals surface area (Å²) in [6.07, 6.45) is 0. The Balaban J connectivity index is 1.89. The smallest absolute Gasteiger partial charge is 0.239 e. The second kappa shape index (κ2) is 5.62. The highest BCUT2D eigenvalue weighted by Crippen LogP contribution is 2.21. The number of nitrogens with zero attached hydrogens (tertiary/aromatic N) is 2. The van der Waals surface area contributed by atoms with Gasteiger partial charge in [0.25, 0.3) is 0 Å². The summed E-state index contributed by atoms with van der Waals surface area (Å²) in [7, 11) is 0. The molecule has 1 aliphatic rings. The van der Waals surface area contributed by atoms with Gasteiger partial charge in [-0.3, -0.25) is 14.5 Å². The third-order valence-corrected chi connectivity index (χ3v) is 3.35. The van der Waals surface area contributed by atoms with Crippen molar-refractivity contribution in [2.75, 3.05) is 31.5 Å². The number of nitriles is 1. The van der Waals surface area contributed by atoms with Gasteiger partial charge in [0.1, 0.15) is 11.1 Å². The first kappa shape index (κ1) is 12.5. The molecule has 1 aromatic heterocycles. The van der Waals surface area contributed by atoms with E-state index in [0.717, 1.165) is 0 Å². The molecule has 1 aromatic rings. The van der Waals surface area contributed by atoms with E-state index in [2.05, 4.69) is 10.6 Å². The first-order valence-corrected chi connectivity index (χ1v) is 6.33. The van der Waals surface area contributed by atoms with Crippen LogP contribution < -0.4 is 10.6 Å².